The lowest BCUT2D eigenvalue weighted by Gasteiger charge is -2.22. The summed E-state index contributed by atoms with van der Waals surface area (Å²) in [6, 6.07) is 12.5. The minimum atomic E-state index is 0.549. The summed E-state index contributed by atoms with van der Waals surface area (Å²) < 4.78 is 5.84. The van der Waals surface area contributed by atoms with Gasteiger partial charge in [0.25, 0.3) is 0 Å². The zero-order valence-electron chi connectivity index (χ0n) is 14.1. The van der Waals surface area contributed by atoms with Crippen molar-refractivity contribution in [3.63, 3.8) is 0 Å². The van der Waals surface area contributed by atoms with Gasteiger partial charge in [0, 0.05) is 32.0 Å². The molecular formula is C20H25N3O. The molecule has 0 aliphatic carbocycles. The van der Waals surface area contributed by atoms with Crippen molar-refractivity contribution in [2.24, 2.45) is 5.41 Å². The van der Waals surface area contributed by atoms with E-state index in [0.29, 0.717) is 12.0 Å². The van der Waals surface area contributed by atoms with Gasteiger partial charge in [-0.2, -0.15) is 0 Å². The molecule has 2 aromatic rings. The summed E-state index contributed by atoms with van der Waals surface area (Å²) >= 11 is 0. The number of likely N-dealkylation sites (tertiary alicyclic amines) is 1. The Morgan fingerprint density at radius 1 is 1.04 bits per heavy atom. The van der Waals surface area contributed by atoms with E-state index in [4.69, 9.17) is 4.74 Å². The van der Waals surface area contributed by atoms with E-state index in [-0.39, 0.29) is 0 Å². The van der Waals surface area contributed by atoms with Gasteiger partial charge in [-0.3, -0.25) is 9.88 Å². The Morgan fingerprint density at radius 3 is 2.62 bits per heavy atom. The van der Waals surface area contributed by atoms with E-state index in [1.165, 1.54) is 44.6 Å². The van der Waals surface area contributed by atoms with Gasteiger partial charge in [0.15, 0.2) is 0 Å². The molecule has 24 heavy (non-hydrogen) atoms. The first kappa shape index (κ1) is 15.6. The second kappa shape index (κ2) is 6.91. The normalized spacial score (nSPS) is 23.8. The van der Waals surface area contributed by atoms with Crippen molar-refractivity contribution in [2.75, 3.05) is 26.2 Å². The average molecular weight is 323 g/mol. The average Bonchev–Trinajstić information content (AvgIpc) is 3.25. The van der Waals surface area contributed by atoms with Gasteiger partial charge in [0.05, 0.1) is 0 Å². The Kier molecular flexibility index (Phi) is 4.50. The van der Waals surface area contributed by atoms with Gasteiger partial charge in [-0.05, 0) is 66.7 Å². The van der Waals surface area contributed by atoms with Crippen LogP contribution in [0.5, 0.6) is 5.75 Å². The molecule has 2 fully saturated rings. The number of benzene rings is 1. The molecule has 0 radical (unpaired) electrons. The van der Waals surface area contributed by atoms with Gasteiger partial charge in [0.1, 0.15) is 12.4 Å². The Morgan fingerprint density at radius 2 is 1.88 bits per heavy atom. The molecule has 1 aromatic heterocycles. The van der Waals surface area contributed by atoms with Crippen LogP contribution in [-0.2, 0) is 13.2 Å². The van der Waals surface area contributed by atoms with Gasteiger partial charge in [-0.1, -0.05) is 12.1 Å². The van der Waals surface area contributed by atoms with Crippen LogP contribution in [0, 0.1) is 5.41 Å². The summed E-state index contributed by atoms with van der Waals surface area (Å²) in [4.78, 5) is 6.62. The summed E-state index contributed by atoms with van der Waals surface area (Å²) in [5.41, 5.74) is 3.06. The van der Waals surface area contributed by atoms with Crippen molar-refractivity contribution in [2.45, 2.75) is 26.0 Å². The number of nitrogens with one attached hydrogen (secondary N) is 1. The minimum absolute atomic E-state index is 0.549. The highest BCUT2D eigenvalue weighted by Gasteiger charge is 2.39. The highest BCUT2D eigenvalue weighted by molar-refractivity contribution is 5.27. The molecule has 2 aliphatic rings. The highest BCUT2D eigenvalue weighted by Crippen LogP contribution is 2.36. The van der Waals surface area contributed by atoms with Crippen LogP contribution in [0.25, 0.3) is 0 Å². The van der Waals surface area contributed by atoms with Crippen LogP contribution in [0.4, 0.5) is 0 Å². The first-order valence-corrected chi connectivity index (χ1v) is 8.85. The number of hydrogen-bond donors (Lipinski definition) is 1. The van der Waals surface area contributed by atoms with E-state index in [2.05, 4.69) is 39.5 Å². The van der Waals surface area contributed by atoms with Crippen LogP contribution >= 0.6 is 0 Å². The Labute approximate surface area is 143 Å². The standard InChI is InChI=1S/C20H25N3O/c1-3-19(24-14-18-5-9-21-10-6-18)4-2-17(1)13-23-12-8-20(16-23)7-11-22-15-20/h1-6,9-10,22H,7-8,11-16H2. The molecular weight excluding hydrogens is 298 g/mol. The fraction of sp³-hybridized carbons (Fsp3) is 0.450. The van der Waals surface area contributed by atoms with Gasteiger partial charge < -0.3 is 10.1 Å². The summed E-state index contributed by atoms with van der Waals surface area (Å²) in [6.45, 7) is 6.49. The molecule has 0 saturated carbocycles. The molecule has 4 rings (SSSR count). The molecule has 0 amide bonds. The number of aromatic nitrogens is 1. The smallest absolute Gasteiger partial charge is 0.119 e. The molecule has 1 N–H and O–H groups in total. The quantitative estimate of drug-likeness (QED) is 0.918. The molecule has 1 unspecified atom stereocenters. The number of rotatable bonds is 5. The van der Waals surface area contributed by atoms with Crippen molar-refractivity contribution < 1.29 is 4.74 Å². The fourth-order valence-corrected chi connectivity index (χ4v) is 3.90. The molecule has 3 heterocycles. The van der Waals surface area contributed by atoms with Crippen molar-refractivity contribution in [3.8, 4) is 5.75 Å². The van der Waals surface area contributed by atoms with Crippen molar-refractivity contribution in [3.05, 3.63) is 59.9 Å². The zero-order valence-corrected chi connectivity index (χ0v) is 14.1. The number of pyridine rings is 1. The second-order valence-electron chi connectivity index (χ2n) is 7.18. The van der Waals surface area contributed by atoms with E-state index in [9.17, 15) is 0 Å². The maximum absolute atomic E-state index is 5.84. The predicted octanol–water partition coefficient (Wildman–Crippen LogP) is 2.85. The molecule has 126 valence electrons. The maximum atomic E-state index is 5.84. The SMILES string of the molecule is c1cc(COc2ccc(CN3CCC4(CCNC4)C3)cc2)ccn1. The van der Waals surface area contributed by atoms with E-state index < -0.39 is 0 Å². The topological polar surface area (TPSA) is 37.4 Å². The molecule has 1 aromatic carbocycles. The molecule has 2 saturated heterocycles. The zero-order chi connectivity index (χ0) is 16.2. The van der Waals surface area contributed by atoms with Gasteiger partial charge in [-0.15, -0.1) is 0 Å². The van der Waals surface area contributed by atoms with Gasteiger partial charge in [-0.25, -0.2) is 0 Å². The van der Waals surface area contributed by atoms with Crippen LogP contribution in [0.1, 0.15) is 24.0 Å². The van der Waals surface area contributed by atoms with Crippen LogP contribution in [0.2, 0.25) is 0 Å². The van der Waals surface area contributed by atoms with Gasteiger partial charge in [0.2, 0.25) is 0 Å². The summed E-state index contributed by atoms with van der Waals surface area (Å²) in [5, 5.41) is 3.53. The van der Waals surface area contributed by atoms with E-state index in [0.717, 1.165) is 17.9 Å². The van der Waals surface area contributed by atoms with E-state index in [1.54, 1.807) is 12.4 Å². The summed E-state index contributed by atoms with van der Waals surface area (Å²) in [7, 11) is 0. The van der Waals surface area contributed by atoms with Crippen LogP contribution in [0.3, 0.4) is 0 Å². The van der Waals surface area contributed by atoms with Gasteiger partial charge >= 0.3 is 0 Å². The summed E-state index contributed by atoms with van der Waals surface area (Å²) in [5.74, 6) is 0.924. The largest absolute Gasteiger partial charge is 0.489 e. The fourth-order valence-electron chi connectivity index (χ4n) is 3.90. The third kappa shape index (κ3) is 3.60. The molecule has 1 atom stereocenters. The molecule has 1 spiro atoms. The Bertz CT molecular complexity index is 650. The first-order chi connectivity index (χ1) is 11.8. The lowest BCUT2D eigenvalue weighted by molar-refractivity contribution is 0.268. The lowest BCUT2D eigenvalue weighted by atomic mass is 9.86. The predicted molar refractivity (Wildman–Crippen MR) is 94.8 cm³/mol. The van der Waals surface area contributed by atoms with Crippen molar-refractivity contribution in [1.82, 2.24) is 15.2 Å². The highest BCUT2D eigenvalue weighted by atomic mass is 16.5. The van der Waals surface area contributed by atoms with E-state index >= 15 is 0 Å². The van der Waals surface area contributed by atoms with Crippen LogP contribution in [0.15, 0.2) is 48.8 Å². The number of nitrogens with zero attached hydrogens (tertiary/aromatic N) is 2. The van der Waals surface area contributed by atoms with Crippen LogP contribution in [-0.4, -0.2) is 36.1 Å². The van der Waals surface area contributed by atoms with Crippen molar-refractivity contribution >= 4 is 0 Å². The monoisotopic (exact) mass is 323 g/mol. The minimum Gasteiger partial charge on any atom is -0.489 e. The van der Waals surface area contributed by atoms with Crippen molar-refractivity contribution in [1.29, 1.82) is 0 Å². The van der Waals surface area contributed by atoms with E-state index in [1.807, 2.05) is 12.1 Å². The van der Waals surface area contributed by atoms with Crippen LogP contribution < -0.4 is 10.1 Å². The number of hydrogen-bond acceptors (Lipinski definition) is 4. The summed E-state index contributed by atoms with van der Waals surface area (Å²) in [6.07, 6.45) is 6.27. The maximum Gasteiger partial charge on any atom is 0.119 e. The molecule has 0 bridgehead atoms. The molecule has 2 aliphatic heterocycles. The first-order valence-electron chi connectivity index (χ1n) is 8.85. The number of ether oxygens (including phenoxy) is 1. The Balaban J connectivity index is 1.30. The third-order valence-electron chi connectivity index (χ3n) is 5.33. The lowest BCUT2D eigenvalue weighted by Crippen LogP contribution is -2.28. The second-order valence-corrected chi connectivity index (χ2v) is 7.18. The molecule has 4 heteroatoms. The third-order valence-corrected chi connectivity index (χ3v) is 5.33. The molecule has 4 nitrogen and oxygen atoms in total. The Hall–Kier alpha value is -1.91.